The summed E-state index contributed by atoms with van der Waals surface area (Å²) in [5, 5.41) is 8.34. The zero-order chi connectivity index (χ0) is 19.0. The van der Waals surface area contributed by atoms with E-state index in [0.29, 0.717) is 5.82 Å². The Labute approximate surface area is 158 Å². The normalized spacial score (nSPS) is 16.2. The van der Waals surface area contributed by atoms with Crippen LogP contribution in [0.15, 0.2) is 65.6 Å². The average Bonchev–Trinajstić information content (AvgIpc) is 2.98. The summed E-state index contributed by atoms with van der Waals surface area (Å²) in [4.78, 5) is 2.33. The SMILES string of the molecule is Cc1cccc(S(=O)(=O)Nc2ccc(N3c4ccccc4CC3C)nn2)c1. The molecule has 2 heterocycles. The highest BCUT2D eigenvalue weighted by atomic mass is 32.2. The molecule has 0 amide bonds. The van der Waals surface area contributed by atoms with Gasteiger partial charge in [-0.1, -0.05) is 30.3 Å². The number of aromatic nitrogens is 2. The third-order valence-electron chi connectivity index (χ3n) is 4.64. The van der Waals surface area contributed by atoms with E-state index < -0.39 is 10.0 Å². The predicted molar refractivity (Wildman–Crippen MR) is 106 cm³/mol. The zero-order valence-electron chi connectivity index (χ0n) is 15.1. The molecule has 0 fully saturated rings. The lowest BCUT2D eigenvalue weighted by atomic mass is 10.1. The lowest BCUT2D eigenvalue weighted by molar-refractivity contribution is 0.601. The van der Waals surface area contributed by atoms with Gasteiger partial charge in [0.2, 0.25) is 0 Å². The molecule has 0 radical (unpaired) electrons. The maximum absolute atomic E-state index is 12.5. The molecule has 27 heavy (non-hydrogen) atoms. The highest BCUT2D eigenvalue weighted by molar-refractivity contribution is 7.92. The summed E-state index contributed by atoms with van der Waals surface area (Å²) in [6.07, 6.45) is 0.944. The van der Waals surface area contributed by atoms with Gasteiger partial charge < -0.3 is 4.90 Å². The van der Waals surface area contributed by atoms with E-state index in [1.54, 1.807) is 30.3 Å². The molecule has 2 aromatic carbocycles. The summed E-state index contributed by atoms with van der Waals surface area (Å²) in [5.41, 5.74) is 3.27. The van der Waals surface area contributed by atoms with Gasteiger partial charge >= 0.3 is 0 Å². The number of nitrogens with one attached hydrogen (secondary N) is 1. The van der Waals surface area contributed by atoms with Crippen LogP contribution in [0.3, 0.4) is 0 Å². The van der Waals surface area contributed by atoms with E-state index in [1.807, 2.05) is 25.1 Å². The van der Waals surface area contributed by atoms with E-state index >= 15 is 0 Å². The highest BCUT2D eigenvalue weighted by Crippen LogP contribution is 2.36. The molecular weight excluding hydrogens is 360 g/mol. The van der Waals surface area contributed by atoms with E-state index in [1.165, 1.54) is 5.56 Å². The molecule has 1 atom stereocenters. The topological polar surface area (TPSA) is 75.2 Å². The van der Waals surface area contributed by atoms with Crippen LogP contribution in [0.1, 0.15) is 18.1 Å². The van der Waals surface area contributed by atoms with Crippen LogP contribution >= 0.6 is 0 Å². The number of sulfonamides is 1. The summed E-state index contributed by atoms with van der Waals surface area (Å²) in [5.74, 6) is 0.895. The number of hydrogen-bond acceptors (Lipinski definition) is 5. The molecule has 0 aliphatic carbocycles. The average molecular weight is 380 g/mol. The molecule has 0 saturated carbocycles. The zero-order valence-corrected chi connectivity index (χ0v) is 15.9. The number of hydrogen-bond donors (Lipinski definition) is 1. The summed E-state index contributed by atoms with van der Waals surface area (Å²) in [7, 11) is -3.69. The number of para-hydroxylation sites is 1. The monoisotopic (exact) mass is 380 g/mol. The Morgan fingerprint density at radius 3 is 2.59 bits per heavy atom. The van der Waals surface area contributed by atoms with Gasteiger partial charge in [0.05, 0.1) is 4.90 Å². The molecular formula is C20H20N4O2S. The van der Waals surface area contributed by atoms with E-state index in [2.05, 4.69) is 38.9 Å². The number of rotatable bonds is 4. The highest BCUT2D eigenvalue weighted by Gasteiger charge is 2.28. The molecule has 0 bridgehead atoms. The molecule has 0 spiro atoms. The van der Waals surface area contributed by atoms with E-state index in [-0.39, 0.29) is 16.8 Å². The maximum atomic E-state index is 12.5. The van der Waals surface area contributed by atoms with Crippen LogP contribution in [0.4, 0.5) is 17.3 Å². The van der Waals surface area contributed by atoms with Crippen molar-refractivity contribution in [1.82, 2.24) is 10.2 Å². The van der Waals surface area contributed by atoms with Crippen LogP contribution in [-0.2, 0) is 16.4 Å². The number of aryl methyl sites for hydroxylation is 1. The van der Waals surface area contributed by atoms with Crippen LogP contribution in [0.2, 0.25) is 0 Å². The lowest BCUT2D eigenvalue weighted by Crippen LogP contribution is -2.25. The maximum Gasteiger partial charge on any atom is 0.263 e. The van der Waals surface area contributed by atoms with Gasteiger partial charge in [-0.25, -0.2) is 8.42 Å². The summed E-state index contributed by atoms with van der Waals surface area (Å²) >= 11 is 0. The van der Waals surface area contributed by atoms with Crippen LogP contribution in [0.5, 0.6) is 0 Å². The third-order valence-corrected chi connectivity index (χ3v) is 6.00. The molecule has 138 valence electrons. The summed E-state index contributed by atoms with van der Waals surface area (Å²) in [6.45, 7) is 3.98. The first-order chi connectivity index (χ1) is 12.9. The van der Waals surface area contributed by atoms with E-state index in [0.717, 1.165) is 17.7 Å². The van der Waals surface area contributed by atoms with Gasteiger partial charge in [-0.05, 0) is 61.7 Å². The van der Waals surface area contributed by atoms with Gasteiger partial charge in [0.15, 0.2) is 11.6 Å². The first kappa shape index (κ1) is 17.5. The minimum Gasteiger partial charge on any atom is -0.321 e. The lowest BCUT2D eigenvalue weighted by Gasteiger charge is -2.23. The molecule has 1 aromatic heterocycles. The molecule has 7 heteroatoms. The quantitative estimate of drug-likeness (QED) is 0.747. The molecule has 3 aromatic rings. The number of fused-ring (bicyclic) bond motifs is 1. The number of anilines is 3. The van der Waals surface area contributed by atoms with Crippen molar-refractivity contribution in [3.05, 3.63) is 71.8 Å². The molecule has 0 saturated heterocycles. The minimum atomic E-state index is -3.69. The number of nitrogens with zero attached hydrogens (tertiary/aromatic N) is 3. The Morgan fingerprint density at radius 2 is 1.85 bits per heavy atom. The molecule has 6 nitrogen and oxygen atoms in total. The van der Waals surface area contributed by atoms with E-state index in [4.69, 9.17) is 0 Å². The minimum absolute atomic E-state index is 0.195. The van der Waals surface area contributed by atoms with Crippen molar-refractivity contribution < 1.29 is 8.42 Å². The molecule has 1 N–H and O–H groups in total. The molecule has 1 aliphatic rings. The Balaban J connectivity index is 1.58. The van der Waals surface area contributed by atoms with Crippen molar-refractivity contribution in [3.63, 3.8) is 0 Å². The second kappa shape index (κ2) is 6.66. The third kappa shape index (κ3) is 3.38. The second-order valence-electron chi connectivity index (χ2n) is 6.75. The van der Waals surface area contributed by atoms with Gasteiger partial charge in [-0.2, -0.15) is 0 Å². The predicted octanol–water partition coefficient (Wildman–Crippen LogP) is 3.67. The van der Waals surface area contributed by atoms with Crippen LogP contribution in [-0.4, -0.2) is 24.7 Å². The van der Waals surface area contributed by atoms with Gasteiger partial charge in [0, 0.05) is 11.7 Å². The van der Waals surface area contributed by atoms with Crippen molar-refractivity contribution in [3.8, 4) is 0 Å². The Hall–Kier alpha value is -2.93. The fourth-order valence-corrected chi connectivity index (χ4v) is 4.50. The van der Waals surface area contributed by atoms with Crippen molar-refractivity contribution >= 4 is 27.3 Å². The fraction of sp³-hybridized carbons (Fsp3) is 0.200. The summed E-state index contributed by atoms with van der Waals surface area (Å²) in [6, 6.07) is 18.7. The Kier molecular flexibility index (Phi) is 4.31. The van der Waals surface area contributed by atoms with Crippen molar-refractivity contribution in [2.24, 2.45) is 0 Å². The van der Waals surface area contributed by atoms with Gasteiger partial charge in [-0.15, -0.1) is 10.2 Å². The van der Waals surface area contributed by atoms with Gasteiger partial charge in [0.1, 0.15) is 0 Å². The Bertz CT molecular complexity index is 1080. The van der Waals surface area contributed by atoms with Crippen molar-refractivity contribution in [1.29, 1.82) is 0 Å². The number of benzene rings is 2. The van der Waals surface area contributed by atoms with Crippen LogP contribution in [0, 0.1) is 6.92 Å². The van der Waals surface area contributed by atoms with E-state index in [9.17, 15) is 8.42 Å². The molecule has 4 rings (SSSR count). The summed E-state index contributed by atoms with van der Waals surface area (Å²) < 4.78 is 27.5. The Morgan fingerprint density at radius 1 is 1.04 bits per heavy atom. The molecule has 1 unspecified atom stereocenters. The van der Waals surface area contributed by atoms with Crippen LogP contribution in [0.25, 0.3) is 0 Å². The second-order valence-corrected chi connectivity index (χ2v) is 8.43. The first-order valence-electron chi connectivity index (χ1n) is 8.74. The van der Waals surface area contributed by atoms with Crippen molar-refractivity contribution in [2.45, 2.75) is 31.2 Å². The van der Waals surface area contributed by atoms with Gasteiger partial charge in [0.25, 0.3) is 10.0 Å². The molecule has 1 aliphatic heterocycles. The smallest absolute Gasteiger partial charge is 0.263 e. The van der Waals surface area contributed by atoms with Crippen LogP contribution < -0.4 is 9.62 Å². The van der Waals surface area contributed by atoms with Gasteiger partial charge in [-0.3, -0.25) is 4.72 Å². The fourth-order valence-electron chi connectivity index (χ4n) is 3.40. The first-order valence-corrected chi connectivity index (χ1v) is 10.2. The largest absolute Gasteiger partial charge is 0.321 e. The standard InChI is InChI=1S/C20H20N4O2S/c1-14-6-5-8-17(12-14)27(25,26)23-19-10-11-20(22-21-19)24-15(2)13-16-7-3-4-9-18(16)24/h3-12,15H,13H2,1-2H3,(H,21,23). The van der Waals surface area contributed by atoms with Crippen molar-refractivity contribution in [2.75, 3.05) is 9.62 Å².